The number of carbonyl (C=O) groups is 2. The van der Waals surface area contributed by atoms with Crippen LogP contribution in [0.4, 0.5) is 5.69 Å². The van der Waals surface area contributed by atoms with Crippen LogP contribution in [-0.4, -0.2) is 43.2 Å². The summed E-state index contributed by atoms with van der Waals surface area (Å²) in [5, 5.41) is 12.7. The number of ketones is 1. The van der Waals surface area contributed by atoms with E-state index in [0.717, 1.165) is 22.8 Å². The van der Waals surface area contributed by atoms with Gasteiger partial charge in [0.1, 0.15) is 17.9 Å². The highest BCUT2D eigenvalue weighted by Gasteiger charge is 2.28. The van der Waals surface area contributed by atoms with E-state index >= 15 is 0 Å². The van der Waals surface area contributed by atoms with Gasteiger partial charge in [-0.05, 0) is 24.5 Å². The lowest BCUT2D eigenvalue weighted by atomic mass is 9.85. The van der Waals surface area contributed by atoms with Crippen LogP contribution in [0.5, 0.6) is 5.75 Å². The van der Waals surface area contributed by atoms with Gasteiger partial charge in [0.15, 0.2) is 0 Å². The number of benzene rings is 1. The van der Waals surface area contributed by atoms with Crippen LogP contribution in [0.1, 0.15) is 42.6 Å². The second kappa shape index (κ2) is 7.50. The van der Waals surface area contributed by atoms with Crippen molar-refractivity contribution in [3.05, 3.63) is 48.7 Å². The molecule has 0 spiro atoms. The summed E-state index contributed by atoms with van der Waals surface area (Å²) in [5.41, 5.74) is 2.50. The minimum Gasteiger partial charge on any atom is -0.496 e. The van der Waals surface area contributed by atoms with Gasteiger partial charge in [-0.2, -0.15) is 10.2 Å². The van der Waals surface area contributed by atoms with Crippen LogP contribution in [0.3, 0.4) is 0 Å². The number of nitrogens with zero attached hydrogens (tertiary/aromatic N) is 5. The lowest BCUT2D eigenvalue weighted by molar-refractivity contribution is -0.122. The van der Waals surface area contributed by atoms with Crippen molar-refractivity contribution < 1.29 is 14.3 Å². The number of carbonyl (C=O) groups excluding carboxylic acids is 2. The number of fused-ring (bicyclic) bond motifs is 2. The number of hydrogen-bond acceptors (Lipinski definition) is 6. The van der Waals surface area contributed by atoms with Gasteiger partial charge >= 0.3 is 0 Å². The molecule has 158 valence electrons. The normalized spacial score (nSPS) is 19.1. The molecular weight excluding hydrogens is 396 g/mol. The van der Waals surface area contributed by atoms with Gasteiger partial charge in [0, 0.05) is 36.7 Å². The maximum absolute atomic E-state index is 13.1. The monoisotopic (exact) mass is 418 g/mol. The van der Waals surface area contributed by atoms with Gasteiger partial charge < -0.3 is 10.1 Å². The third-order valence-corrected chi connectivity index (χ3v) is 5.93. The second-order valence-corrected chi connectivity index (χ2v) is 7.97. The number of hydrogen-bond donors (Lipinski definition) is 1. The number of ether oxygens (including phenoxy) is 1. The molecule has 3 heterocycles. The zero-order valence-corrected chi connectivity index (χ0v) is 17.3. The van der Waals surface area contributed by atoms with Crippen LogP contribution in [0, 0.1) is 5.92 Å². The molecular formula is C22H22N6O3. The first-order valence-corrected chi connectivity index (χ1v) is 10.2. The van der Waals surface area contributed by atoms with E-state index in [0.29, 0.717) is 35.6 Å². The van der Waals surface area contributed by atoms with Crippen LogP contribution in [0.25, 0.3) is 16.4 Å². The lowest BCUT2D eigenvalue weighted by Gasteiger charge is -2.28. The van der Waals surface area contributed by atoms with E-state index in [1.54, 1.807) is 41.4 Å². The quantitative estimate of drug-likeness (QED) is 0.546. The van der Waals surface area contributed by atoms with Crippen LogP contribution >= 0.6 is 0 Å². The van der Waals surface area contributed by atoms with E-state index in [1.165, 1.54) is 7.11 Å². The van der Waals surface area contributed by atoms with Crippen LogP contribution < -0.4 is 10.1 Å². The molecule has 1 saturated carbocycles. The third kappa shape index (κ3) is 3.41. The highest BCUT2D eigenvalue weighted by atomic mass is 16.5. The Morgan fingerprint density at radius 1 is 1.32 bits per heavy atom. The molecule has 3 aromatic heterocycles. The van der Waals surface area contributed by atoms with Gasteiger partial charge in [-0.1, -0.05) is 6.92 Å². The summed E-state index contributed by atoms with van der Waals surface area (Å²) in [7, 11) is 1.53. The first-order valence-electron chi connectivity index (χ1n) is 10.2. The standard InChI is InChI=1S/C22H22N6O3/c1-13-7-15(29)3-4-19(13)27-11-14-8-16(21(31-2)9-17(14)26-27)22(30)25-18-10-24-28-12-23-6-5-20(18)28/h5-6,8-13,19H,3-4,7H2,1-2H3,(H,25,30)/t13-,19-/m1/s1. The fourth-order valence-electron chi connectivity index (χ4n) is 4.30. The largest absolute Gasteiger partial charge is 0.496 e. The number of amides is 1. The molecule has 0 unspecified atom stereocenters. The van der Waals surface area contributed by atoms with Gasteiger partial charge in [-0.15, -0.1) is 0 Å². The summed E-state index contributed by atoms with van der Waals surface area (Å²) in [4.78, 5) is 28.8. The average Bonchev–Trinajstić information content (AvgIpc) is 3.36. The fourth-order valence-corrected chi connectivity index (χ4v) is 4.30. The molecule has 1 fully saturated rings. The van der Waals surface area contributed by atoms with E-state index in [9.17, 15) is 9.59 Å². The molecule has 9 heteroatoms. The molecule has 0 saturated heterocycles. The molecule has 9 nitrogen and oxygen atoms in total. The van der Waals surface area contributed by atoms with Gasteiger partial charge in [0.05, 0.1) is 41.6 Å². The zero-order valence-electron chi connectivity index (χ0n) is 17.3. The van der Waals surface area contributed by atoms with Crippen molar-refractivity contribution in [2.75, 3.05) is 12.4 Å². The highest BCUT2D eigenvalue weighted by Crippen LogP contribution is 2.34. The summed E-state index contributed by atoms with van der Waals surface area (Å²) < 4.78 is 9.01. The number of Topliss-reactive ketones (excluding diaryl/α,β-unsaturated/α-hetero) is 1. The Bertz CT molecular complexity index is 1310. The maximum atomic E-state index is 13.1. The Morgan fingerprint density at radius 3 is 3.00 bits per heavy atom. The molecule has 1 aliphatic carbocycles. The molecule has 2 atom stereocenters. The highest BCUT2D eigenvalue weighted by molar-refractivity contribution is 6.09. The van der Waals surface area contributed by atoms with E-state index in [-0.39, 0.29) is 17.9 Å². The van der Waals surface area contributed by atoms with Gasteiger partial charge in [0.2, 0.25) is 0 Å². The topological polar surface area (TPSA) is 103 Å². The van der Waals surface area contributed by atoms with Crippen molar-refractivity contribution >= 4 is 33.8 Å². The molecule has 31 heavy (non-hydrogen) atoms. The molecule has 5 rings (SSSR count). The molecule has 1 aromatic carbocycles. The molecule has 1 amide bonds. The Hall–Kier alpha value is -3.75. The second-order valence-electron chi connectivity index (χ2n) is 7.97. The molecule has 1 aliphatic rings. The molecule has 0 bridgehead atoms. The van der Waals surface area contributed by atoms with Gasteiger partial charge in [-0.25, -0.2) is 9.50 Å². The predicted octanol–water partition coefficient (Wildman–Crippen LogP) is 3.27. The van der Waals surface area contributed by atoms with Crippen molar-refractivity contribution in [3.63, 3.8) is 0 Å². The molecule has 1 N–H and O–H groups in total. The van der Waals surface area contributed by atoms with Gasteiger partial charge in [-0.3, -0.25) is 14.3 Å². The van der Waals surface area contributed by atoms with Crippen molar-refractivity contribution in [2.45, 2.75) is 32.2 Å². The summed E-state index contributed by atoms with van der Waals surface area (Å²) in [6.45, 7) is 2.08. The van der Waals surface area contributed by atoms with Crippen molar-refractivity contribution in [3.8, 4) is 5.75 Å². The van der Waals surface area contributed by atoms with Crippen LogP contribution in [-0.2, 0) is 4.79 Å². The first kappa shape index (κ1) is 19.2. The lowest BCUT2D eigenvalue weighted by Crippen LogP contribution is -2.26. The van der Waals surface area contributed by atoms with Crippen molar-refractivity contribution in [2.24, 2.45) is 5.92 Å². The summed E-state index contributed by atoms with van der Waals surface area (Å²) in [6.07, 6.45) is 8.69. The zero-order chi connectivity index (χ0) is 21.5. The van der Waals surface area contributed by atoms with Crippen molar-refractivity contribution in [1.82, 2.24) is 24.4 Å². The van der Waals surface area contributed by atoms with Crippen LogP contribution in [0.15, 0.2) is 43.1 Å². The maximum Gasteiger partial charge on any atom is 0.259 e. The summed E-state index contributed by atoms with van der Waals surface area (Å²) >= 11 is 0. The summed E-state index contributed by atoms with van der Waals surface area (Å²) in [6, 6.07) is 5.52. The SMILES string of the molecule is COc1cc2nn([C@@H]3CCC(=O)C[C@H]3C)cc2cc1C(=O)Nc1cnn2cnccc12. The van der Waals surface area contributed by atoms with E-state index in [4.69, 9.17) is 9.84 Å². The van der Waals surface area contributed by atoms with Crippen molar-refractivity contribution in [1.29, 1.82) is 0 Å². The smallest absolute Gasteiger partial charge is 0.259 e. The number of methoxy groups -OCH3 is 1. The number of nitrogens with one attached hydrogen (secondary N) is 1. The van der Waals surface area contributed by atoms with E-state index in [1.807, 2.05) is 10.9 Å². The number of rotatable bonds is 4. The Kier molecular flexibility index (Phi) is 4.65. The number of anilines is 1. The molecule has 0 aliphatic heterocycles. The Balaban J connectivity index is 1.48. The third-order valence-electron chi connectivity index (χ3n) is 5.93. The number of aromatic nitrogens is 5. The Labute approximate surface area is 178 Å². The van der Waals surface area contributed by atoms with Crippen LogP contribution in [0.2, 0.25) is 0 Å². The average molecular weight is 418 g/mol. The minimum atomic E-state index is -0.296. The van der Waals surface area contributed by atoms with E-state index < -0.39 is 0 Å². The van der Waals surface area contributed by atoms with E-state index in [2.05, 4.69) is 22.3 Å². The first-order chi connectivity index (χ1) is 15.0. The fraction of sp³-hybridized carbons (Fsp3) is 0.318. The van der Waals surface area contributed by atoms with Gasteiger partial charge in [0.25, 0.3) is 5.91 Å². The summed E-state index contributed by atoms with van der Waals surface area (Å²) in [5.74, 6) is 0.685. The molecule has 0 radical (unpaired) electrons. The molecule has 4 aromatic rings. The Morgan fingerprint density at radius 2 is 2.19 bits per heavy atom. The minimum absolute atomic E-state index is 0.167. The predicted molar refractivity (Wildman–Crippen MR) is 114 cm³/mol.